The van der Waals surface area contributed by atoms with Gasteiger partial charge in [0.05, 0.1) is 0 Å². The number of fused-ring (bicyclic) bond motifs is 1. The fraction of sp³-hybridized carbons (Fsp3) is 0.250. The van der Waals surface area contributed by atoms with E-state index in [-0.39, 0.29) is 0 Å². The molecule has 1 heterocycles. The number of hydrogen-bond acceptors (Lipinski definition) is 6. The van der Waals surface area contributed by atoms with E-state index in [9.17, 15) is 0 Å². The summed E-state index contributed by atoms with van der Waals surface area (Å²) in [6, 6.07) is 8.76. The third-order valence-corrected chi connectivity index (χ3v) is 12.5. The molecule has 6 heteroatoms. The van der Waals surface area contributed by atoms with Crippen LogP contribution in [0.4, 0.5) is 0 Å². The van der Waals surface area contributed by atoms with Gasteiger partial charge in [0.1, 0.15) is 0 Å². The molecule has 0 aromatic heterocycles. The third kappa shape index (κ3) is 3.72. The van der Waals surface area contributed by atoms with Crippen LogP contribution in [-0.4, -0.2) is 0 Å². The Hall–Kier alpha value is 1.32. The monoisotopic (exact) mass is 296 g/mol. The van der Waals surface area contributed by atoms with Gasteiger partial charge in [0.2, 0.25) is 0 Å². The Morgan fingerprint density at radius 2 is 1.21 bits per heavy atom. The van der Waals surface area contributed by atoms with E-state index in [1.807, 2.05) is 60.9 Å². The molecule has 76 valence electrons. The largest absolute Gasteiger partial charge is 0.0769 e. The van der Waals surface area contributed by atoms with E-state index in [2.05, 4.69) is 24.3 Å². The molecule has 0 bridgehead atoms. The van der Waals surface area contributed by atoms with Crippen LogP contribution in [0.5, 0.6) is 0 Å². The fourth-order valence-corrected chi connectivity index (χ4v) is 12.5. The standard InChI is InChI=1S/C8H8S6/c1-2-4-8-6-10-12-14-13-11-9-5-7(8)3-1/h1-4H,5-6H2. The minimum absolute atomic E-state index is 1.12. The first kappa shape index (κ1) is 11.8. The van der Waals surface area contributed by atoms with E-state index >= 15 is 0 Å². The lowest BCUT2D eigenvalue weighted by atomic mass is 10.1. The molecule has 1 aromatic carbocycles. The lowest BCUT2D eigenvalue weighted by molar-refractivity contribution is 1.29. The zero-order valence-corrected chi connectivity index (χ0v) is 12.1. The molecule has 0 aliphatic carbocycles. The summed E-state index contributed by atoms with van der Waals surface area (Å²) in [5.41, 5.74) is 2.98. The van der Waals surface area contributed by atoms with Crippen LogP contribution in [-0.2, 0) is 11.5 Å². The second-order valence-corrected chi connectivity index (χ2v) is 12.1. The van der Waals surface area contributed by atoms with Crippen LogP contribution in [0.1, 0.15) is 11.1 Å². The van der Waals surface area contributed by atoms with E-state index in [1.165, 1.54) is 11.1 Å². The van der Waals surface area contributed by atoms with Crippen LogP contribution >= 0.6 is 60.9 Å². The summed E-state index contributed by atoms with van der Waals surface area (Å²) < 4.78 is 0. The summed E-state index contributed by atoms with van der Waals surface area (Å²) in [4.78, 5) is 0. The lowest BCUT2D eigenvalue weighted by Gasteiger charge is -2.09. The first-order valence-electron chi connectivity index (χ1n) is 3.95. The summed E-state index contributed by atoms with van der Waals surface area (Å²) in [6.45, 7) is 0. The average Bonchev–Trinajstić information content (AvgIpc) is 2.25. The summed E-state index contributed by atoms with van der Waals surface area (Å²) in [5, 5.41) is 0. The minimum atomic E-state index is 1.12. The molecule has 14 heavy (non-hydrogen) atoms. The second-order valence-electron chi connectivity index (χ2n) is 2.57. The minimum Gasteiger partial charge on any atom is -0.0769 e. The maximum absolute atomic E-state index is 2.24. The van der Waals surface area contributed by atoms with Gasteiger partial charge >= 0.3 is 0 Å². The van der Waals surface area contributed by atoms with Crippen molar-refractivity contribution in [2.45, 2.75) is 11.5 Å². The van der Waals surface area contributed by atoms with Gasteiger partial charge in [0.25, 0.3) is 0 Å². The van der Waals surface area contributed by atoms with Crippen molar-refractivity contribution < 1.29 is 0 Å². The molecule has 0 saturated carbocycles. The molecule has 0 radical (unpaired) electrons. The van der Waals surface area contributed by atoms with E-state index in [0.29, 0.717) is 0 Å². The van der Waals surface area contributed by atoms with Gasteiger partial charge in [-0.15, -0.1) is 0 Å². The normalized spacial score (nSPS) is 18.6. The summed E-state index contributed by atoms with van der Waals surface area (Å²) in [6.07, 6.45) is 0. The Bertz CT molecular complexity index is 260. The second kappa shape index (κ2) is 6.81. The number of hydrogen-bond donors (Lipinski definition) is 0. The Labute approximate surface area is 107 Å². The fourth-order valence-electron chi connectivity index (χ4n) is 1.08. The van der Waals surface area contributed by atoms with E-state index in [1.54, 1.807) is 0 Å². The predicted molar refractivity (Wildman–Crippen MR) is 79.4 cm³/mol. The summed E-state index contributed by atoms with van der Waals surface area (Å²) >= 11 is 0. The molecule has 0 amide bonds. The number of rotatable bonds is 0. The number of benzene rings is 1. The van der Waals surface area contributed by atoms with E-state index in [4.69, 9.17) is 0 Å². The average molecular weight is 297 g/mol. The van der Waals surface area contributed by atoms with Crippen LogP contribution in [0.3, 0.4) is 0 Å². The molecule has 0 saturated heterocycles. The zero-order valence-electron chi connectivity index (χ0n) is 7.17. The Balaban J connectivity index is 2.10. The van der Waals surface area contributed by atoms with Gasteiger partial charge in [-0.2, -0.15) is 0 Å². The molecule has 0 N–H and O–H groups in total. The molecule has 0 fully saturated rings. The van der Waals surface area contributed by atoms with Crippen molar-refractivity contribution in [1.82, 2.24) is 0 Å². The van der Waals surface area contributed by atoms with Crippen molar-refractivity contribution in [2.75, 3.05) is 0 Å². The van der Waals surface area contributed by atoms with Gasteiger partial charge in [-0.05, 0) is 50.4 Å². The predicted octanol–water partition coefficient (Wildman–Crippen LogP) is 5.67. The smallest absolute Gasteiger partial charge is 0.0300 e. The Kier molecular flexibility index (Phi) is 5.73. The summed E-state index contributed by atoms with van der Waals surface area (Å²) in [7, 11) is 11.3. The molecule has 0 unspecified atom stereocenters. The molecule has 1 aliphatic heterocycles. The van der Waals surface area contributed by atoms with Crippen molar-refractivity contribution in [3.63, 3.8) is 0 Å². The molecule has 0 spiro atoms. The van der Waals surface area contributed by atoms with Gasteiger partial charge in [-0.3, -0.25) is 0 Å². The van der Waals surface area contributed by atoms with Crippen LogP contribution in [0.15, 0.2) is 24.3 Å². The van der Waals surface area contributed by atoms with E-state index < -0.39 is 0 Å². The van der Waals surface area contributed by atoms with Crippen molar-refractivity contribution in [3.05, 3.63) is 35.4 Å². The lowest BCUT2D eigenvalue weighted by Crippen LogP contribution is -1.88. The summed E-state index contributed by atoms with van der Waals surface area (Å²) in [5.74, 6) is 2.25. The first-order chi connectivity index (χ1) is 6.97. The van der Waals surface area contributed by atoms with Crippen molar-refractivity contribution in [3.8, 4) is 0 Å². The highest BCUT2D eigenvalue weighted by molar-refractivity contribution is 9.41. The Morgan fingerprint density at radius 3 is 1.71 bits per heavy atom. The van der Waals surface area contributed by atoms with Crippen LogP contribution in [0.2, 0.25) is 0 Å². The van der Waals surface area contributed by atoms with Gasteiger partial charge < -0.3 is 0 Å². The van der Waals surface area contributed by atoms with Crippen LogP contribution < -0.4 is 0 Å². The van der Waals surface area contributed by atoms with E-state index in [0.717, 1.165) is 11.5 Å². The molecule has 1 aliphatic rings. The van der Waals surface area contributed by atoms with Gasteiger partial charge in [-0.25, -0.2) is 0 Å². The molecule has 2 rings (SSSR count). The maximum Gasteiger partial charge on any atom is 0.0300 e. The van der Waals surface area contributed by atoms with Crippen molar-refractivity contribution in [1.29, 1.82) is 0 Å². The van der Waals surface area contributed by atoms with Gasteiger partial charge in [0, 0.05) is 11.5 Å². The highest BCUT2D eigenvalue weighted by atomic mass is 33.9. The molecular formula is C8H8S6. The third-order valence-electron chi connectivity index (χ3n) is 1.73. The molecule has 1 aromatic rings. The molecule has 0 atom stereocenters. The highest BCUT2D eigenvalue weighted by Crippen LogP contribution is 2.54. The van der Waals surface area contributed by atoms with Crippen LogP contribution in [0, 0.1) is 0 Å². The quantitative estimate of drug-likeness (QED) is 0.561. The zero-order chi connectivity index (χ0) is 9.64. The van der Waals surface area contributed by atoms with Crippen molar-refractivity contribution >= 4 is 60.9 Å². The van der Waals surface area contributed by atoms with Gasteiger partial charge in [0.15, 0.2) is 0 Å². The highest BCUT2D eigenvalue weighted by Gasteiger charge is 2.05. The molecule has 0 nitrogen and oxygen atoms in total. The van der Waals surface area contributed by atoms with Crippen molar-refractivity contribution in [2.24, 2.45) is 0 Å². The maximum atomic E-state index is 2.24. The SMILES string of the molecule is c1ccc2c(c1)CSSSSSSC2. The molecular weight excluding hydrogens is 288 g/mol. The Morgan fingerprint density at radius 1 is 0.714 bits per heavy atom. The van der Waals surface area contributed by atoms with Crippen LogP contribution in [0.25, 0.3) is 0 Å². The topological polar surface area (TPSA) is 0 Å². The first-order valence-corrected chi connectivity index (χ1v) is 11.8. The van der Waals surface area contributed by atoms with Gasteiger partial charge in [-0.1, -0.05) is 45.9 Å².